The van der Waals surface area contributed by atoms with Crippen LogP contribution in [0, 0.1) is 6.92 Å². The quantitative estimate of drug-likeness (QED) is 0.577. The van der Waals surface area contributed by atoms with Crippen LogP contribution in [-0.4, -0.2) is 9.97 Å². The van der Waals surface area contributed by atoms with E-state index in [1.165, 1.54) is 18.4 Å². The number of nitrogens with one attached hydrogen (secondary N) is 2. The first kappa shape index (κ1) is 12.4. The summed E-state index contributed by atoms with van der Waals surface area (Å²) in [6.07, 6.45) is 2.36. The van der Waals surface area contributed by atoms with Gasteiger partial charge in [0.2, 0.25) is 0 Å². The van der Waals surface area contributed by atoms with Crippen LogP contribution >= 0.6 is 11.3 Å². The zero-order chi connectivity index (χ0) is 13.2. The maximum absolute atomic E-state index is 5.53. The van der Waals surface area contributed by atoms with E-state index >= 15 is 0 Å². The van der Waals surface area contributed by atoms with Gasteiger partial charge in [0.1, 0.15) is 17.5 Å². The molecule has 0 radical (unpaired) electrons. The smallest absolute Gasteiger partial charge is 0.148 e. The molecule has 1 fully saturated rings. The monoisotopic (exact) mass is 275 g/mol. The van der Waals surface area contributed by atoms with Crippen molar-refractivity contribution in [2.75, 3.05) is 10.7 Å². The molecule has 0 aliphatic heterocycles. The molecule has 2 aromatic heterocycles. The SMILES string of the molecule is Cc1c(NN)nc(C2CC2)nc1NCc1ccsc1. The third-order valence-corrected chi connectivity index (χ3v) is 4.01. The van der Waals surface area contributed by atoms with Crippen molar-refractivity contribution in [2.24, 2.45) is 5.84 Å². The molecule has 1 aliphatic carbocycles. The van der Waals surface area contributed by atoms with Crippen LogP contribution < -0.4 is 16.6 Å². The summed E-state index contributed by atoms with van der Waals surface area (Å²) < 4.78 is 0. The number of rotatable bonds is 5. The Bertz CT molecular complexity index is 563. The number of hydrazine groups is 1. The molecule has 0 atom stereocenters. The molecule has 4 N–H and O–H groups in total. The molecule has 0 amide bonds. The third kappa shape index (κ3) is 2.69. The fraction of sp³-hybridized carbons (Fsp3) is 0.385. The van der Waals surface area contributed by atoms with Gasteiger partial charge in [-0.05, 0) is 42.2 Å². The van der Waals surface area contributed by atoms with E-state index in [1.807, 2.05) is 6.92 Å². The molecule has 0 saturated heterocycles. The van der Waals surface area contributed by atoms with Crippen LogP contribution in [-0.2, 0) is 6.54 Å². The van der Waals surface area contributed by atoms with Crippen molar-refractivity contribution < 1.29 is 0 Å². The second-order valence-electron chi connectivity index (χ2n) is 4.81. The van der Waals surface area contributed by atoms with Gasteiger partial charge >= 0.3 is 0 Å². The minimum Gasteiger partial charge on any atom is -0.366 e. The fourth-order valence-electron chi connectivity index (χ4n) is 1.95. The zero-order valence-corrected chi connectivity index (χ0v) is 11.6. The Morgan fingerprint density at radius 3 is 2.79 bits per heavy atom. The Labute approximate surface area is 116 Å². The van der Waals surface area contributed by atoms with Crippen molar-refractivity contribution in [1.82, 2.24) is 9.97 Å². The summed E-state index contributed by atoms with van der Waals surface area (Å²) in [7, 11) is 0. The largest absolute Gasteiger partial charge is 0.366 e. The Kier molecular flexibility index (Phi) is 3.35. The van der Waals surface area contributed by atoms with Crippen LogP contribution in [0.1, 0.15) is 35.7 Å². The van der Waals surface area contributed by atoms with Gasteiger partial charge in [-0.2, -0.15) is 11.3 Å². The van der Waals surface area contributed by atoms with Gasteiger partial charge in [-0.25, -0.2) is 15.8 Å². The molecule has 1 aliphatic rings. The summed E-state index contributed by atoms with van der Waals surface area (Å²) >= 11 is 1.70. The highest BCUT2D eigenvalue weighted by molar-refractivity contribution is 7.07. The molecule has 2 heterocycles. The predicted octanol–water partition coefficient (Wildman–Crippen LogP) is 2.62. The van der Waals surface area contributed by atoms with Crippen molar-refractivity contribution in [1.29, 1.82) is 0 Å². The molecule has 0 unspecified atom stereocenters. The van der Waals surface area contributed by atoms with E-state index in [9.17, 15) is 0 Å². The van der Waals surface area contributed by atoms with Crippen LogP contribution in [0.3, 0.4) is 0 Å². The second kappa shape index (κ2) is 5.14. The summed E-state index contributed by atoms with van der Waals surface area (Å²) in [6.45, 7) is 2.75. The van der Waals surface area contributed by atoms with Gasteiger partial charge in [0.15, 0.2) is 0 Å². The minimum atomic E-state index is 0.509. The van der Waals surface area contributed by atoms with E-state index in [-0.39, 0.29) is 0 Å². The average Bonchev–Trinajstić information content (AvgIpc) is 3.14. The van der Waals surface area contributed by atoms with Crippen LogP contribution in [0.2, 0.25) is 0 Å². The second-order valence-corrected chi connectivity index (χ2v) is 5.59. The summed E-state index contributed by atoms with van der Waals surface area (Å²) in [5, 5.41) is 7.58. The zero-order valence-electron chi connectivity index (χ0n) is 10.8. The summed E-state index contributed by atoms with van der Waals surface area (Å²) in [4.78, 5) is 9.10. The molecular formula is C13H17N5S. The van der Waals surface area contributed by atoms with E-state index in [0.717, 1.165) is 23.8 Å². The fourth-order valence-corrected chi connectivity index (χ4v) is 2.62. The lowest BCUT2D eigenvalue weighted by Crippen LogP contribution is -2.14. The molecule has 0 spiro atoms. The first-order valence-electron chi connectivity index (χ1n) is 6.38. The lowest BCUT2D eigenvalue weighted by atomic mass is 10.2. The van der Waals surface area contributed by atoms with E-state index in [2.05, 4.69) is 37.5 Å². The number of hydrogen-bond donors (Lipinski definition) is 3. The molecule has 19 heavy (non-hydrogen) atoms. The maximum atomic E-state index is 5.53. The van der Waals surface area contributed by atoms with Crippen molar-refractivity contribution in [3.8, 4) is 0 Å². The lowest BCUT2D eigenvalue weighted by Gasteiger charge is -2.13. The van der Waals surface area contributed by atoms with Crippen molar-refractivity contribution in [2.45, 2.75) is 32.2 Å². The van der Waals surface area contributed by atoms with Gasteiger partial charge < -0.3 is 10.7 Å². The Morgan fingerprint density at radius 1 is 1.37 bits per heavy atom. The van der Waals surface area contributed by atoms with Crippen molar-refractivity contribution in [3.05, 3.63) is 33.8 Å². The number of aromatic nitrogens is 2. The molecule has 0 bridgehead atoms. The number of nitrogens with zero attached hydrogens (tertiary/aromatic N) is 2. The van der Waals surface area contributed by atoms with Crippen molar-refractivity contribution in [3.63, 3.8) is 0 Å². The predicted molar refractivity (Wildman–Crippen MR) is 78.2 cm³/mol. The first-order valence-corrected chi connectivity index (χ1v) is 7.32. The van der Waals surface area contributed by atoms with E-state index in [0.29, 0.717) is 11.7 Å². The number of nitrogen functional groups attached to an aromatic ring is 1. The number of thiophene rings is 1. The molecule has 0 aromatic carbocycles. The first-order chi connectivity index (χ1) is 9.28. The number of anilines is 2. The average molecular weight is 275 g/mol. The van der Waals surface area contributed by atoms with Crippen LogP contribution in [0.25, 0.3) is 0 Å². The molecule has 6 heteroatoms. The third-order valence-electron chi connectivity index (χ3n) is 3.28. The van der Waals surface area contributed by atoms with Crippen molar-refractivity contribution >= 4 is 23.0 Å². The van der Waals surface area contributed by atoms with E-state index in [1.54, 1.807) is 11.3 Å². The Morgan fingerprint density at radius 2 is 2.16 bits per heavy atom. The summed E-state index contributed by atoms with van der Waals surface area (Å²) in [5.41, 5.74) is 4.89. The van der Waals surface area contributed by atoms with Crippen LogP contribution in [0.15, 0.2) is 16.8 Å². The molecule has 2 aromatic rings. The van der Waals surface area contributed by atoms with Gasteiger partial charge in [0.05, 0.1) is 0 Å². The minimum absolute atomic E-state index is 0.509. The molecule has 100 valence electrons. The van der Waals surface area contributed by atoms with Crippen LogP contribution in [0.5, 0.6) is 0 Å². The van der Waals surface area contributed by atoms with E-state index in [4.69, 9.17) is 5.84 Å². The highest BCUT2D eigenvalue weighted by atomic mass is 32.1. The normalized spacial score (nSPS) is 14.4. The molecule has 1 saturated carbocycles. The van der Waals surface area contributed by atoms with Gasteiger partial charge in [-0.1, -0.05) is 0 Å². The summed E-state index contributed by atoms with van der Waals surface area (Å²) in [5.74, 6) is 8.52. The van der Waals surface area contributed by atoms with Crippen LogP contribution in [0.4, 0.5) is 11.6 Å². The van der Waals surface area contributed by atoms with Gasteiger partial charge in [0, 0.05) is 18.0 Å². The highest BCUT2D eigenvalue weighted by Gasteiger charge is 2.28. The van der Waals surface area contributed by atoms with Gasteiger partial charge in [-0.3, -0.25) is 0 Å². The Balaban J connectivity index is 1.83. The molecular weight excluding hydrogens is 258 g/mol. The number of nitrogens with two attached hydrogens (primary N) is 1. The topological polar surface area (TPSA) is 75.9 Å². The number of hydrogen-bond acceptors (Lipinski definition) is 6. The Hall–Kier alpha value is -1.66. The summed E-state index contributed by atoms with van der Waals surface area (Å²) in [6, 6.07) is 2.11. The highest BCUT2D eigenvalue weighted by Crippen LogP contribution is 2.39. The van der Waals surface area contributed by atoms with Gasteiger partial charge in [0.25, 0.3) is 0 Å². The maximum Gasteiger partial charge on any atom is 0.148 e. The van der Waals surface area contributed by atoms with E-state index < -0.39 is 0 Å². The molecule has 5 nitrogen and oxygen atoms in total. The standard InChI is InChI=1S/C13H17N5S/c1-8-11(15-6-9-4-5-19-7-9)16-13(10-2-3-10)17-12(8)18-14/h4-5,7,10H,2-3,6,14H2,1H3,(H2,15,16,17,18). The molecule has 3 rings (SSSR count). The van der Waals surface area contributed by atoms with Gasteiger partial charge in [-0.15, -0.1) is 0 Å². The lowest BCUT2D eigenvalue weighted by molar-refractivity contribution is 0.911.